The summed E-state index contributed by atoms with van der Waals surface area (Å²) in [5.41, 5.74) is 0. The van der Waals surface area contributed by atoms with Gasteiger partial charge in [-0.25, -0.2) is 0 Å². The van der Waals surface area contributed by atoms with Crippen molar-refractivity contribution in [1.82, 2.24) is 0 Å². The average molecular weight is 256 g/mol. The van der Waals surface area contributed by atoms with E-state index in [2.05, 4.69) is 0 Å². The molecule has 4 heteroatoms. The molecule has 0 aromatic carbocycles. The van der Waals surface area contributed by atoms with E-state index in [1.165, 1.54) is 0 Å². The van der Waals surface area contributed by atoms with Gasteiger partial charge in [-0.1, -0.05) is 13.8 Å². The van der Waals surface area contributed by atoms with Crippen molar-refractivity contribution in [2.75, 3.05) is 0 Å². The first kappa shape index (κ1) is 15.0. The van der Waals surface area contributed by atoms with Crippen LogP contribution in [0, 0.1) is 0 Å². The van der Waals surface area contributed by atoms with Gasteiger partial charge in [-0.2, -0.15) is 0 Å². The maximum absolute atomic E-state index is 11.5. The zero-order valence-electron chi connectivity index (χ0n) is 11.4. The maximum atomic E-state index is 11.5. The molecule has 0 N–H and O–H groups in total. The molecule has 4 nitrogen and oxygen atoms in total. The fourth-order valence-corrected chi connectivity index (χ4v) is 2.20. The van der Waals surface area contributed by atoms with Gasteiger partial charge in [0.2, 0.25) is 0 Å². The molecule has 18 heavy (non-hydrogen) atoms. The molecular weight excluding hydrogens is 232 g/mol. The molecule has 0 amide bonds. The molecule has 0 aromatic heterocycles. The van der Waals surface area contributed by atoms with E-state index in [0.717, 1.165) is 38.5 Å². The summed E-state index contributed by atoms with van der Waals surface area (Å²) in [6.07, 6.45) is 5.64. The quantitative estimate of drug-likeness (QED) is 0.685. The van der Waals surface area contributed by atoms with Crippen LogP contribution in [-0.2, 0) is 19.1 Å². The van der Waals surface area contributed by atoms with Crippen LogP contribution in [0.4, 0.5) is 0 Å². The van der Waals surface area contributed by atoms with Crippen molar-refractivity contribution in [2.45, 2.75) is 77.4 Å². The molecule has 0 saturated heterocycles. The van der Waals surface area contributed by atoms with E-state index in [-0.39, 0.29) is 24.1 Å². The van der Waals surface area contributed by atoms with E-state index in [4.69, 9.17) is 9.47 Å². The first-order valence-corrected chi connectivity index (χ1v) is 7.06. The zero-order valence-corrected chi connectivity index (χ0v) is 11.4. The molecule has 0 radical (unpaired) electrons. The van der Waals surface area contributed by atoms with Crippen LogP contribution in [0.25, 0.3) is 0 Å². The molecule has 0 bridgehead atoms. The van der Waals surface area contributed by atoms with Crippen molar-refractivity contribution in [1.29, 1.82) is 0 Å². The number of hydrogen-bond donors (Lipinski definition) is 0. The lowest BCUT2D eigenvalue weighted by molar-refractivity contribution is -0.171. The molecule has 104 valence electrons. The third-order valence-electron chi connectivity index (χ3n) is 3.12. The number of hydrogen-bond acceptors (Lipinski definition) is 4. The highest BCUT2D eigenvalue weighted by Crippen LogP contribution is 2.25. The van der Waals surface area contributed by atoms with E-state index in [0.29, 0.717) is 12.8 Å². The van der Waals surface area contributed by atoms with Crippen molar-refractivity contribution in [2.24, 2.45) is 0 Å². The normalized spacial score (nSPS) is 23.4. The highest BCUT2D eigenvalue weighted by molar-refractivity contribution is 5.70. The molecule has 1 aliphatic rings. The summed E-state index contributed by atoms with van der Waals surface area (Å²) in [6.45, 7) is 3.89. The molecule has 1 aliphatic carbocycles. The van der Waals surface area contributed by atoms with Gasteiger partial charge >= 0.3 is 11.9 Å². The summed E-state index contributed by atoms with van der Waals surface area (Å²) in [4.78, 5) is 23.0. The highest BCUT2D eigenvalue weighted by Gasteiger charge is 2.30. The van der Waals surface area contributed by atoms with Gasteiger partial charge in [0.15, 0.2) is 0 Å². The Labute approximate surface area is 109 Å². The summed E-state index contributed by atoms with van der Waals surface area (Å²) in [5.74, 6) is -0.359. The van der Waals surface area contributed by atoms with Crippen molar-refractivity contribution < 1.29 is 19.1 Å². The Balaban J connectivity index is 2.46. The van der Waals surface area contributed by atoms with Crippen molar-refractivity contribution in [3.05, 3.63) is 0 Å². The number of rotatable bonds is 6. The molecule has 0 heterocycles. The largest absolute Gasteiger partial charge is 0.458 e. The minimum atomic E-state index is -0.237. The van der Waals surface area contributed by atoms with Crippen LogP contribution < -0.4 is 0 Å². The number of carbonyl (C=O) groups excluding carboxylic acids is 2. The van der Waals surface area contributed by atoms with Crippen molar-refractivity contribution in [3.63, 3.8) is 0 Å². The summed E-state index contributed by atoms with van der Waals surface area (Å²) >= 11 is 0. The molecular formula is C14H24O4. The molecule has 1 rings (SSSR count). The van der Waals surface area contributed by atoms with Crippen LogP contribution in [0.5, 0.6) is 0 Å². The summed E-state index contributed by atoms with van der Waals surface area (Å²) in [7, 11) is 0. The first-order valence-electron chi connectivity index (χ1n) is 7.06. The van der Waals surface area contributed by atoms with Crippen LogP contribution >= 0.6 is 0 Å². The van der Waals surface area contributed by atoms with E-state index < -0.39 is 0 Å². The number of esters is 2. The standard InChI is InChI=1S/C14H24O4/c1-3-7-13(15)17-11-9-5-6-10-12(11)18-14(16)8-4-2/h11-12H,3-10H2,1-2H3/t11-,12+. The Hall–Kier alpha value is -1.06. The monoisotopic (exact) mass is 256 g/mol. The van der Waals surface area contributed by atoms with Gasteiger partial charge in [0, 0.05) is 12.8 Å². The lowest BCUT2D eigenvalue weighted by Gasteiger charge is -2.30. The second-order valence-corrected chi connectivity index (χ2v) is 4.84. The summed E-state index contributed by atoms with van der Waals surface area (Å²) in [5, 5.41) is 0. The maximum Gasteiger partial charge on any atom is 0.306 e. The topological polar surface area (TPSA) is 52.6 Å². The Morgan fingerprint density at radius 2 is 1.28 bits per heavy atom. The van der Waals surface area contributed by atoms with Gasteiger partial charge in [0.05, 0.1) is 0 Å². The number of ether oxygens (including phenoxy) is 2. The molecule has 2 atom stereocenters. The third kappa shape index (κ3) is 5.07. The van der Waals surface area contributed by atoms with Gasteiger partial charge < -0.3 is 9.47 Å². The molecule has 0 aromatic rings. The van der Waals surface area contributed by atoms with E-state index >= 15 is 0 Å². The highest BCUT2D eigenvalue weighted by atomic mass is 16.6. The molecule has 0 unspecified atom stereocenters. The van der Waals surface area contributed by atoms with Crippen molar-refractivity contribution in [3.8, 4) is 0 Å². The fourth-order valence-electron chi connectivity index (χ4n) is 2.20. The van der Waals surface area contributed by atoms with Gasteiger partial charge in [0.1, 0.15) is 12.2 Å². The second kappa shape index (κ2) is 8.11. The Morgan fingerprint density at radius 3 is 1.61 bits per heavy atom. The van der Waals surface area contributed by atoms with Crippen LogP contribution in [-0.4, -0.2) is 24.1 Å². The van der Waals surface area contributed by atoms with Gasteiger partial charge in [-0.05, 0) is 38.5 Å². The third-order valence-corrected chi connectivity index (χ3v) is 3.12. The predicted octanol–water partition coefficient (Wildman–Crippen LogP) is 2.98. The first-order chi connectivity index (χ1) is 8.67. The fraction of sp³-hybridized carbons (Fsp3) is 0.857. The van der Waals surface area contributed by atoms with E-state index in [9.17, 15) is 9.59 Å². The summed E-state index contributed by atoms with van der Waals surface area (Å²) in [6, 6.07) is 0. The SMILES string of the molecule is CCCC(=O)O[C@H]1CCCC[C@H]1OC(=O)CCC. The summed E-state index contributed by atoms with van der Waals surface area (Å²) < 4.78 is 10.8. The van der Waals surface area contributed by atoms with Crippen LogP contribution in [0.15, 0.2) is 0 Å². The predicted molar refractivity (Wildman–Crippen MR) is 68.0 cm³/mol. The lowest BCUT2D eigenvalue weighted by Crippen LogP contribution is -2.37. The van der Waals surface area contributed by atoms with Crippen LogP contribution in [0.3, 0.4) is 0 Å². The average Bonchev–Trinajstić information content (AvgIpc) is 2.32. The Kier molecular flexibility index (Phi) is 6.76. The van der Waals surface area contributed by atoms with Gasteiger partial charge in [-0.3, -0.25) is 9.59 Å². The second-order valence-electron chi connectivity index (χ2n) is 4.84. The smallest absolute Gasteiger partial charge is 0.306 e. The Morgan fingerprint density at radius 1 is 0.889 bits per heavy atom. The molecule has 1 fully saturated rings. The number of carbonyl (C=O) groups is 2. The van der Waals surface area contributed by atoms with Crippen LogP contribution in [0.2, 0.25) is 0 Å². The van der Waals surface area contributed by atoms with E-state index in [1.54, 1.807) is 0 Å². The van der Waals surface area contributed by atoms with Crippen LogP contribution in [0.1, 0.15) is 65.2 Å². The van der Waals surface area contributed by atoms with Gasteiger partial charge in [0.25, 0.3) is 0 Å². The van der Waals surface area contributed by atoms with Gasteiger partial charge in [-0.15, -0.1) is 0 Å². The minimum Gasteiger partial charge on any atom is -0.458 e. The zero-order chi connectivity index (χ0) is 13.4. The lowest BCUT2D eigenvalue weighted by atomic mass is 9.94. The van der Waals surface area contributed by atoms with Crippen molar-refractivity contribution >= 4 is 11.9 Å². The Bertz CT molecular complexity index is 247. The molecule has 1 saturated carbocycles. The minimum absolute atomic E-state index is 0.180. The van der Waals surface area contributed by atoms with E-state index in [1.807, 2.05) is 13.8 Å². The molecule has 0 aliphatic heterocycles. The molecule has 0 spiro atoms.